The first-order valence-electron chi connectivity index (χ1n) is 6.83. The summed E-state index contributed by atoms with van der Waals surface area (Å²) in [7, 11) is 0. The van der Waals surface area contributed by atoms with Crippen molar-refractivity contribution in [2.75, 3.05) is 13.1 Å². The Kier molecular flexibility index (Phi) is 5.44. The Morgan fingerprint density at radius 3 is 2.70 bits per heavy atom. The van der Waals surface area contributed by atoms with E-state index in [1.807, 2.05) is 4.90 Å². The number of halogens is 3. The molecule has 5 heteroatoms. The summed E-state index contributed by atoms with van der Waals surface area (Å²) in [6.45, 7) is 3.62. The van der Waals surface area contributed by atoms with Crippen molar-refractivity contribution in [3.63, 3.8) is 0 Å². The second-order valence-corrected chi connectivity index (χ2v) is 7.12. The van der Waals surface area contributed by atoms with Crippen LogP contribution in [0.5, 0.6) is 0 Å². The van der Waals surface area contributed by atoms with Gasteiger partial charge in [0.15, 0.2) is 0 Å². The molecule has 1 atom stereocenters. The molecule has 0 spiro atoms. The van der Waals surface area contributed by atoms with E-state index < -0.39 is 5.82 Å². The Bertz CT molecular complexity index is 467. The SMILES string of the molecule is CC(Br)C1CCN(C(=O)Cc2c(F)cccc2Cl)CC1. The van der Waals surface area contributed by atoms with E-state index in [0.717, 1.165) is 25.9 Å². The van der Waals surface area contributed by atoms with E-state index in [0.29, 0.717) is 21.3 Å². The van der Waals surface area contributed by atoms with E-state index in [1.165, 1.54) is 6.07 Å². The first kappa shape index (κ1) is 15.8. The Morgan fingerprint density at radius 2 is 2.15 bits per heavy atom. The Morgan fingerprint density at radius 1 is 1.50 bits per heavy atom. The predicted octanol–water partition coefficient (Wildman–Crippen LogP) is 4.04. The molecule has 1 aliphatic rings. The lowest BCUT2D eigenvalue weighted by Gasteiger charge is -2.33. The smallest absolute Gasteiger partial charge is 0.227 e. The highest BCUT2D eigenvalue weighted by Crippen LogP contribution is 2.26. The molecule has 1 fully saturated rings. The van der Waals surface area contributed by atoms with Crippen LogP contribution >= 0.6 is 27.5 Å². The van der Waals surface area contributed by atoms with Crippen molar-refractivity contribution < 1.29 is 9.18 Å². The van der Waals surface area contributed by atoms with Gasteiger partial charge in [0, 0.05) is 28.5 Å². The van der Waals surface area contributed by atoms with E-state index in [2.05, 4.69) is 22.9 Å². The number of carbonyl (C=O) groups excluding carboxylic acids is 1. The highest BCUT2D eigenvalue weighted by Gasteiger charge is 2.26. The fourth-order valence-corrected chi connectivity index (χ4v) is 3.33. The third-order valence-electron chi connectivity index (χ3n) is 3.93. The number of piperidine rings is 1. The van der Waals surface area contributed by atoms with Crippen LogP contribution in [0, 0.1) is 11.7 Å². The Labute approximate surface area is 132 Å². The average Bonchev–Trinajstić information content (AvgIpc) is 2.43. The molecule has 0 N–H and O–H groups in total. The first-order valence-corrected chi connectivity index (χ1v) is 8.13. The van der Waals surface area contributed by atoms with Gasteiger partial charge in [-0.1, -0.05) is 40.5 Å². The van der Waals surface area contributed by atoms with Crippen LogP contribution in [0.25, 0.3) is 0 Å². The van der Waals surface area contributed by atoms with Crippen molar-refractivity contribution in [3.05, 3.63) is 34.6 Å². The second-order valence-electron chi connectivity index (χ2n) is 5.27. The minimum atomic E-state index is -0.408. The van der Waals surface area contributed by atoms with Crippen LogP contribution in [0.3, 0.4) is 0 Å². The molecule has 1 aliphatic heterocycles. The van der Waals surface area contributed by atoms with Crippen LogP contribution in [-0.2, 0) is 11.2 Å². The van der Waals surface area contributed by atoms with E-state index in [9.17, 15) is 9.18 Å². The standard InChI is InChI=1S/C15H18BrClFNO/c1-10(16)11-5-7-19(8-6-11)15(20)9-12-13(17)3-2-4-14(12)18/h2-4,10-11H,5-9H2,1H3. The Hall–Kier alpha value is -0.610. The number of nitrogens with zero attached hydrogens (tertiary/aromatic N) is 1. The van der Waals surface area contributed by atoms with Gasteiger partial charge in [-0.05, 0) is 30.9 Å². The summed E-state index contributed by atoms with van der Waals surface area (Å²) in [6, 6.07) is 4.51. The molecule has 1 heterocycles. The summed E-state index contributed by atoms with van der Waals surface area (Å²) < 4.78 is 13.7. The summed E-state index contributed by atoms with van der Waals surface area (Å²) in [5.41, 5.74) is 0.301. The predicted molar refractivity (Wildman–Crippen MR) is 82.8 cm³/mol. The van der Waals surface area contributed by atoms with Crippen LogP contribution in [0.4, 0.5) is 4.39 Å². The number of likely N-dealkylation sites (tertiary alicyclic amines) is 1. The minimum absolute atomic E-state index is 0.0417. The zero-order valence-corrected chi connectivity index (χ0v) is 13.8. The van der Waals surface area contributed by atoms with Gasteiger partial charge in [0.2, 0.25) is 5.91 Å². The normalized spacial score (nSPS) is 18.1. The molecule has 1 amide bonds. The topological polar surface area (TPSA) is 20.3 Å². The lowest BCUT2D eigenvalue weighted by molar-refractivity contribution is -0.131. The molecule has 1 aromatic rings. The van der Waals surface area contributed by atoms with Gasteiger partial charge < -0.3 is 4.90 Å². The summed E-state index contributed by atoms with van der Waals surface area (Å²) in [5.74, 6) is 0.156. The van der Waals surface area contributed by atoms with Crippen molar-refractivity contribution in [1.82, 2.24) is 4.90 Å². The zero-order chi connectivity index (χ0) is 14.7. The summed E-state index contributed by atoms with van der Waals surface area (Å²) >= 11 is 9.56. The molecule has 110 valence electrons. The molecule has 0 radical (unpaired) electrons. The van der Waals surface area contributed by atoms with Crippen molar-refractivity contribution >= 4 is 33.4 Å². The molecule has 1 unspecified atom stereocenters. The van der Waals surface area contributed by atoms with Gasteiger partial charge in [0.25, 0.3) is 0 Å². The van der Waals surface area contributed by atoms with E-state index in [-0.39, 0.29) is 12.3 Å². The monoisotopic (exact) mass is 361 g/mol. The van der Waals surface area contributed by atoms with E-state index >= 15 is 0 Å². The number of benzene rings is 1. The lowest BCUT2D eigenvalue weighted by Crippen LogP contribution is -2.40. The quantitative estimate of drug-likeness (QED) is 0.743. The number of rotatable bonds is 3. The number of amides is 1. The maximum Gasteiger partial charge on any atom is 0.227 e. The second kappa shape index (κ2) is 6.90. The minimum Gasteiger partial charge on any atom is -0.342 e. The molecule has 0 saturated carbocycles. The molecule has 0 bridgehead atoms. The maximum absolute atomic E-state index is 13.7. The summed E-state index contributed by atoms with van der Waals surface area (Å²) in [5, 5.41) is 0.322. The third-order valence-corrected chi connectivity index (χ3v) is 5.03. The van der Waals surface area contributed by atoms with Crippen LogP contribution in [0.15, 0.2) is 18.2 Å². The van der Waals surface area contributed by atoms with Crippen LogP contribution < -0.4 is 0 Å². The number of alkyl halides is 1. The molecule has 0 aromatic heterocycles. The number of hydrogen-bond acceptors (Lipinski definition) is 1. The summed E-state index contributed by atoms with van der Waals surface area (Å²) in [6.07, 6.45) is 2.02. The highest BCUT2D eigenvalue weighted by molar-refractivity contribution is 9.09. The largest absolute Gasteiger partial charge is 0.342 e. The Balaban J connectivity index is 1.96. The summed E-state index contributed by atoms with van der Waals surface area (Å²) in [4.78, 5) is 14.5. The van der Waals surface area contributed by atoms with Crippen molar-refractivity contribution in [2.45, 2.75) is 31.0 Å². The number of hydrogen-bond donors (Lipinski definition) is 0. The van der Waals surface area contributed by atoms with Gasteiger partial charge >= 0.3 is 0 Å². The van der Waals surface area contributed by atoms with Gasteiger partial charge in [-0.25, -0.2) is 4.39 Å². The molecule has 2 rings (SSSR count). The molecule has 20 heavy (non-hydrogen) atoms. The zero-order valence-electron chi connectivity index (χ0n) is 11.4. The molecule has 2 nitrogen and oxygen atoms in total. The van der Waals surface area contributed by atoms with Gasteiger partial charge in [-0.3, -0.25) is 4.79 Å². The average molecular weight is 363 g/mol. The van der Waals surface area contributed by atoms with Gasteiger partial charge in [-0.15, -0.1) is 0 Å². The number of carbonyl (C=O) groups is 1. The highest BCUT2D eigenvalue weighted by atomic mass is 79.9. The fraction of sp³-hybridized carbons (Fsp3) is 0.533. The molecule has 1 saturated heterocycles. The first-order chi connectivity index (χ1) is 9.49. The fourth-order valence-electron chi connectivity index (χ4n) is 2.57. The van der Waals surface area contributed by atoms with Crippen molar-refractivity contribution in [1.29, 1.82) is 0 Å². The van der Waals surface area contributed by atoms with Crippen molar-refractivity contribution in [3.8, 4) is 0 Å². The molecular weight excluding hydrogens is 345 g/mol. The van der Waals surface area contributed by atoms with Crippen LogP contribution in [0.1, 0.15) is 25.3 Å². The lowest BCUT2D eigenvalue weighted by atomic mass is 9.94. The van der Waals surface area contributed by atoms with E-state index in [1.54, 1.807) is 12.1 Å². The van der Waals surface area contributed by atoms with Crippen LogP contribution in [-0.4, -0.2) is 28.7 Å². The van der Waals surface area contributed by atoms with Gasteiger partial charge in [-0.2, -0.15) is 0 Å². The molecule has 1 aromatic carbocycles. The van der Waals surface area contributed by atoms with Gasteiger partial charge in [0.05, 0.1) is 6.42 Å². The van der Waals surface area contributed by atoms with Gasteiger partial charge in [0.1, 0.15) is 5.82 Å². The molecule has 0 aliphatic carbocycles. The third kappa shape index (κ3) is 3.73. The van der Waals surface area contributed by atoms with Crippen molar-refractivity contribution in [2.24, 2.45) is 5.92 Å². The maximum atomic E-state index is 13.7. The van der Waals surface area contributed by atoms with E-state index in [4.69, 9.17) is 11.6 Å². The van der Waals surface area contributed by atoms with Crippen LogP contribution in [0.2, 0.25) is 5.02 Å². The molecular formula is C15H18BrClFNO.